The highest BCUT2D eigenvalue weighted by atomic mass is 15.1. The lowest BCUT2D eigenvalue weighted by atomic mass is 10.1. The van der Waals surface area contributed by atoms with E-state index in [9.17, 15) is 0 Å². The minimum Gasteiger partial charge on any atom is -0.324 e. The van der Waals surface area contributed by atoms with E-state index < -0.39 is 0 Å². The number of fused-ring (bicyclic) bond motifs is 1. The van der Waals surface area contributed by atoms with E-state index >= 15 is 0 Å². The lowest BCUT2D eigenvalue weighted by Gasteiger charge is -2.16. The highest BCUT2D eigenvalue weighted by Crippen LogP contribution is 2.17. The Morgan fingerprint density at radius 3 is 3.17 bits per heavy atom. The number of nitrogens with zero attached hydrogens (tertiary/aromatic N) is 2. The van der Waals surface area contributed by atoms with Gasteiger partial charge in [0, 0.05) is 37.0 Å². The van der Waals surface area contributed by atoms with Crippen LogP contribution < -0.4 is 10.6 Å². The van der Waals surface area contributed by atoms with Crippen LogP contribution in [0.4, 0.5) is 11.6 Å². The monoisotopic (exact) mass is 240 g/mol. The van der Waals surface area contributed by atoms with Crippen LogP contribution in [-0.4, -0.2) is 16.5 Å². The van der Waals surface area contributed by atoms with Crippen molar-refractivity contribution in [2.24, 2.45) is 0 Å². The van der Waals surface area contributed by atoms with Crippen molar-refractivity contribution in [2.45, 2.75) is 19.9 Å². The van der Waals surface area contributed by atoms with Crippen LogP contribution in [-0.2, 0) is 13.0 Å². The molecule has 1 aromatic carbocycles. The van der Waals surface area contributed by atoms with Gasteiger partial charge in [0.1, 0.15) is 0 Å². The third-order valence-electron chi connectivity index (χ3n) is 3.08. The normalized spacial score (nSPS) is 14.1. The zero-order valence-electron chi connectivity index (χ0n) is 10.4. The van der Waals surface area contributed by atoms with Crippen molar-refractivity contribution in [1.82, 2.24) is 15.3 Å². The van der Waals surface area contributed by atoms with Crippen molar-refractivity contribution in [1.29, 1.82) is 0 Å². The van der Waals surface area contributed by atoms with Crippen LogP contribution in [0.5, 0.6) is 0 Å². The summed E-state index contributed by atoms with van der Waals surface area (Å²) >= 11 is 0. The molecule has 92 valence electrons. The third kappa shape index (κ3) is 2.33. The predicted octanol–water partition coefficient (Wildman–Crippen LogP) is 2.17. The van der Waals surface area contributed by atoms with Gasteiger partial charge in [0.2, 0.25) is 5.95 Å². The molecular formula is C14H16N4. The molecule has 0 saturated heterocycles. The van der Waals surface area contributed by atoms with Crippen molar-refractivity contribution in [2.75, 3.05) is 11.9 Å². The number of aryl methyl sites for hydroxylation is 1. The zero-order valence-corrected chi connectivity index (χ0v) is 10.4. The molecule has 2 heterocycles. The number of hydrogen-bond donors (Lipinski definition) is 2. The number of hydrogen-bond acceptors (Lipinski definition) is 4. The third-order valence-corrected chi connectivity index (χ3v) is 3.08. The maximum absolute atomic E-state index is 4.58. The number of rotatable bonds is 2. The number of nitrogens with one attached hydrogen (secondary N) is 2. The van der Waals surface area contributed by atoms with Crippen molar-refractivity contribution in [3.63, 3.8) is 0 Å². The Hall–Kier alpha value is -1.94. The Morgan fingerprint density at radius 2 is 2.28 bits per heavy atom. The second kappa shape index (κ2) is 4.74. The summed E-state index contributed by atoms with van der Waals surface area (Å²) in [4.78, 5) is 8.93. The van der Waals surface area contributed by atoms with E-state index in [2.05, 4.69) is 39.7 Å². The summed E-state index contributed by atoms with van der Waals surface area (Å²) in [6, 6.07) is 8.21. The number of anilines is 2. The minimum atomic E-state index is 0.682. The maximum atomic E-state index is 4.58. The average molecular weight is 240 g/mol. The number of aromatic nitrogens is 2. The Bertz CT molecular complexity index is 565. The Balaban J connectivity index is 1.85. The molecule has 0 unspecified atom stereocenters. The maximum Gasteiger partial charge on any atom is 0.227 e. The molecule has 1 aliphatic heterocycles. The molecule has 3 rings (SSSR count). The standard InChI is InChI=1S/C14H16N4/c1-10-3-2-4-12(7-10)17-14-16-9-11-8-15-6-5-13(11)18-14/h2-4,7,9,15H,5-6,8H2,1H3,(H,16,17,18). The van der Waals surface area contributed by atoms with Crippen molar-refractivity contribution in [3.05, 3.63) is 47.3 Å². The van der Waals surface area contributed by atoms with Gasteiger partial charge >= 0.3 is 0 Å². The van der Waals surface area contributed by atoms with Gasteiger partial charge in [-0.1, -0.05) is 12.1 Å². The van der Waals surface area contributed by atoms with E-state index in [0.29, 0.717) is 5.95 Å². The largest absolute Gasteiger partial charge is 0.324 e. The molecule has 0 aliphatic carbocycles. The second-order valence-electron chi connectivity index (χ2n) is 4.59. The molecule has 0 spiro atoms. The molecule has 18 heavy (non-hydrogen) atoms. The van der Waals surface area contributed by atoms with Crippen LogP contribution in [0.2, 0.25) is 0 Å². The van der Waals surface area contributed by atoms with Crippen LogP contribution in [0.1, 0.15) is 16.8 Å². The molecule has 0 saturated carbocycles. The lowest BCUT2D eigenvalue weighted by Crippen LogP contribution is -2.25. The van der Waals surface area contributed by atoms with Gasteiger partial charge in [-0.15, -0.1) is 0 Å². The smallest absolute Gasteiger partial charge is 0.227 e. The van der Waals surface area contributed by atoms with E-state index in [1.807, 2.05) is 18.3 Å². The SMILES string of the molecule is Cc1cccc(Nc2ncc3c(n2)CCNC3)c1. The molecule has 4 heteroatoms. The average Bonchev–Trinajstić information content (AvgIpc) is 2.39. The first kappa shape index (κ1) is 11.2. The Morgan fingerprint density at radius 1 is 1.33 bits per heavy atom. The van der Waals surface area contributed by atoms with E-state index in [-0.39, 0.29) is 0 Å². The van der Waals surface area contributed by atoms with Crippen molar-refractivity contribution >= 4 is 11.6 Å². The molecule has 2 N–H and O–H groups in total. The molecular weight excluding hydrogens is 224 g/mol. The van der Waals surface area contributed by atoms with E-state index in [0.717, 1.165) is 30.9 Å². The fraction of sp³-hybridized carbons (Fsp3) is 0.286. The predicted molar refractivity (Wildman–Crippen MR) is 71.9 cm³/mol. The van der Waals surface area contributed by atoms with Crippen LogP contribution >= 0.6 is 0 Å². The van der Waals surface area contributed by atoms with Crippen LogP contribution in [0.15, 0.2) is 30.5 Å². The van der Waals surface area contributed by atoms with Crippen molar-refractivity contribution in [3.8, 4) is 0 Å². The number of benzene rings is 1. The lowest BCUT2D eigenvalue weighted by molar-refractivity contribution is 0.627. The van der Waals surface area contributed by atoms with Crippen LogP contribution in [0.3, 0.4) is 0 Å². The van der Waals surface area contributed by atoms with Crippen molar-refractivity contribution < 1.29 is 0 Å². The molecule has 0 radical (unpaired) electrons. The van der Waals surface area contributed by atoms with Gasteiger partial charge in [0.05, 0.1) is 5.69 Å². The zero-order chi connectivity index (χ0) is 12.4. The van der Waals surface area contributed by atoms with Gasteiger partial charge in [0.15, 0.2) is 0 Å². The van der Waals surface area contributed by atoms with Gasteiger partial charge in [-0.3, -0.25) is 0 Å². The summed E-state index contributed by atoms with van der Waals surface area (Å²) in [6.45, 7) is 3.94. The van der Waals surface area contributed by atoms with Crippen LogP contribution in [0.25, 0.3) is 0 Å². The summed E-state index contributed by atoms with van der Waals surface area (Å²) in [5, 5.41) is 6.57. The first-order valence-electron chi connectivity index (χ1n) is 6.20. The first-order chi connectivity index (χ1) is 8.81. The van der Waals surface area contributed by atoms with Gasteiger partial charge in [-0.2, -0.15) is 0 Å². The van der Waals surface area contributed by atoms with E-state index in [1.165, 1.54) is 11.1 Å². The Labute approximate surface area is 106 Å². The molecule has 1 aromatic heterocycles. The first-order valence-corrected chi connectivity index (χ1v) is 6.20. The minimum absolute atomic E-state index is 0.682. The molecule has 0 atom stereocenters. The highest BCUT2D eigenvalue weighted by molar-refractivity contribution is 5.54. The molecule has 1 aliphatic rings. The highest BCUT2D eigenvalue weighted by Gasteiger charge is 2.11. The Kier molecular flexibility index (Phi) is 2.94. The van der Waals surface area contributed by atoms with Gasteiger partial charge in [-0.05, 0) is 24.6 Å². The fourth-order valence-corrected chi connectivity index (χ4v) is 2.15. The van der Waals surface area contributed by atoms with E-state index in [1.54, 1.807) is 0 Å². The summed E-state index contributed by atoms with van der Waals surface area (Å²) in [7, 11) is 0. The van der Waals surface area contributed by atoms with E-state index in [4.69, 9.17) is 0 Å². The molecule has 0 amide bonds. The quantitative estimate of drug-likeness (QED) is 0.844. The summed E-state index contributed by atoms with van der Waals surface area (Å²) in [5.74, 6) is 0.682. The summed E-state index contributed by atoms with van der Waals surface area (Å²) < 4.78 is 0. The van der Waals surface area contributed by atoms with Gasteiger partial charge in [-0.25, -0.2) is 9.97 Å². The fourth-order valence-electron chi connectivity index (χ4n) is 2.15. The topological polar surface area (TPSA) is 49.8 Å². The molecule has 4 nitrogen and oxygen atoms in total. The molecule has 0 bridgehead atoms. The summed E-state index contributed by atoms with van der Waals surface area (Å²) in [5.41, 5.74) is 4.61. The van der Waals surface area contributed by atoms with Crippen LogP contribution in [0, 0.1) is 6.92 Å². The van der Waals surface area contributed by atoms with Gasteiger partial charge < -0.3 is 10.6 Å². The molecule has 0 fully saturated rings. The van der Waals surface area contributed by atoms with Gasteiger partial charge in [0.25, 0.3) is 0 Å². The summed E-state index contributed by atoms with van der Waals surface area (Å²) in [6.07, 6.45) is 2.88. The molecule has 2 aromatic rings. The second-order valence-corrected chi connectivity index (χ2v) is 4.59.